The third-order valence-corrected chi connectivity index (χ3v) is 2.24. The van der Waals surface area contributed by atoms with E-state index in [0.717, 1.165) is 25.0 Å². The Balaban J connectivity index is 2.77. The molecule has 0 unspecified atom stereocenters. The van der Waals surface area contributed by atoms with Crippen molar-refractivity contribution in [2.45, 2.75) is 19.8 Å². The highest BCUT2D eigenvalue weighted by Crippen LogP contribution is 2.26. The van der Waals surface area contributed by atoms with Crippen LogP contribution >= 0.6 is 0 Å². The maximum atomic E-state index is 13.4. The number of benzene rings is 1. The van der Waals surface area contributed by atoms with Gasteiger partial charge in [-0.05, 0) is 12.5 Å². The number of hydrogen-bond acceptors (Lipinski definition) is 3. The Morgan fingerprint density at radius 2 is 2.22 bits per heavy atom. The molecule has 0 fully saturated rings. The highest BCUT2D eigenvalue weighted by molar-refractivity contribution is 5.91. The van der Waals surface area contributed by atoms with E-state index in [-0.39, 0.29) is 0 Å². The van der Waals surface area contributed by atoms with E-state index in [4.69, 9.17) is 0 Å². The quantitative estimate of drug-likeness (QED) is 0.482. The number of nitrogens with one attached hydrogen (secondary N) is 2. The summed E-state index contributed by atoms with van der Waals surface area (Å²) in [7, 11) is 0. The van der Waals surface area contributed by atoms with Crippen molar-refractivity contribution in [3.63, 3.8) is 0 Å². The van der Waals surface area contributed by atoms with Crippen LogP contribution in [0, 0.1) is 15.9 Å². The van der Waals surface area contributed by atoms with Gasteiger partial charge in [-0.15, -0.1) is 0 Å². The number of urea groups is 1. The first-order chi connectivity index (χ1) is 8.56. The van der Waals surface area contributed by atoms with Crippen molar-refractivity contribution in [2.75, 3.05) is 11.9 Å². The molecular weight excluding hydrogens is 241 g/mol. The van der Waals surface area contributed by atoms with E-state index in [0.29, 0.717) is 6.54 Å². The molecule has 0 aliphatic carbocycles. The molecule has 0 spiro atoms. The highest BCUT2D eigenvalue weighted by Gasteiger charge is 2.19. The Bertz CT molecular complexity index is 451. The largest absolute Gasteiger partial charge is 0.338 e. The average Bonchev–Trinajstić information content (AvgIpc) is 2.31. The number of nitrogens with zero attached hydrogens (tertiary/aromatic N) is 1. The third-order valence-electron chi connectivity index (χ3n) is 2.24. The van der Waals surface area contributed by atoms with Crippen LogP contribution in [0.5, 0.6) is 0 Å². The van der Waals surface area contributed by atoms with Gasteiger partial charge in [-0.25, -0.2) is 9.18 Å². The van der Waals surface area contributed by atoms with Crippen LogP contribution in [0.1, 0.15) is 19.8 Å². The zero-order valence-electron chi connectivity index (χ0n) is 9.90. The van der Waals surface area contributed by atoms with Gasteiger partial charge in [0.1, 0.15) is 0 Å². The summed E-state index contributed by atoms with van der Waals surface area (Å²) < 4.78 is 13.4. The number of nitro benzene ring substituents is 1. The molecule has 0 saturated heterocycles. The molecule has 0 atom stereocenters. The van der Waals surface area contributed by atoms with Crippen molar-refractivity contribution in [3.05, 3.63) is 34.1 Å². The number of halogens is 1. The van der Waals surface area contributed by atoms with Gasteiger partial charge in [0.15, 0.2) is 11.5 Å². The second-order valence-corrected chi connectivity index (χ2v) is 3.63. The summed E-state index contributed by atoms with van der Waals surface area (Å²) in [6, 6.07) is 2.74. The van der Waals surface area contributed by atoms with E-state index in [1.54, 1.807) is 0 Å². The smallest absolute Gasteiger partial charge is 0.319 e. The zero-order valence-corrected chi connectivity index (χ0v) is 9.90. The van der Waals surface area contributed by atoms with Crippen LogP contribution in [-0.2, 0) is 0 Å². The minimum atomic E-state index is -0.838. The molecule has 98 valence electrons. The second-order valence-electron chi connectivity index (χ2n) is 3.63. The van der Waals surface area contributed by atoms with Crippen LogP contribution in [0.15, 0.2) is 18.2 Å². The summed E-state index contributed by atoms with van der Waals surface area (Å²) in [6.45, 7) is 2.39. The third kappa shape index (κ3) is 3.69. The topological polar surface area (TPSA) is 84.3 Å². The molecule has 7 heteroatoms. The molecule has 0 heterocycles. The lowest BCUT2D eigenvalue weighted by atomic mass is 10.2. The van der Waals surface area contributed by atoms with Crippen LogP contribution in [0.2, 0.25) is 0 Å². The van der Waals surface area contributed by atoms with Gasteiger partial charge in [-0.2, -0.15) is 0 Å². The first kappa shape index (κ1) is 13.9. The van der Waals surface area contributed by atoms with E-state index in [2.05, 4.69) is 10.6 Å². The first-order valence-electron chi connectivity index (χ1n) is 5.54. The number of para-hydroxylation sites is 1. The van der Waals surface area contributed by atoms with E-state index < -0.39 is 28.1 Å². The summed E-state index contributed by atoms with van der Waals surface area (Å²) in [5, 5.41) is 15.3. The number of anilines is 1. The molecule has 0 aromatic heterocycles. The normalized spacial score (nSPS) is 9.89. The fourth-order valence-electron chi connectivity index (χ4n) is 1.33. The Hall–Kier alpha value is -2.18. The molecule has 1 aromatic carbocycles. The maximum absolute atomic E-state index is 13.4. The van der Waals surface area contributed by atoms with E-state index in [1.165, 1.54) is 6.07 Å². The summed E-state index contributed by atoms with van der Waals surface area (Å²) in [4.78, 5) is 21.3. The molecule has 0 radical (unpaired) electrons. The number of unbranched alkanes of at least 4 members (excludes halogenated alkanes) is 1. The van der Waals surface area contributed by atoms with Gasteiger partial charge in [0, 0.05) is 12.6 Å². The molecule has 0 saturated carbocycles. The van der Waals surface area contributed by atoms with Crippen LogP contribution in [0.25, 0.3) is 0 Å². The monoisotopic (exact) mass is 255 g/mol. The number of carbonyl (C=O) groups is 1. The standard InChI is InChI=1S/C11H14FN3O3/c1-2-3-7-13-11(16)14-10-8(12)5-4-6-9(10)15(17)18/h4-6H,2-3,7H2,1H3,(H2,13,14,16). The fourth-order valence-corrected chi connectivity index (χ4v) is 1.33. The zero-order chi connectivity index (χ0) is 13.5. The van der Waals surface area contributed by atoms with Gasteiger partial charge >= 0.3 is 6.03 Å². The summed E-state index contributed by atoms with van der Waals surface area (Å²) >= 11 is 0. The molecular formula is C11H14FN3O3. The molecule has 2 amide bonds. The van der Waals surface area contributed by atoms with Crippen LogP contribution in [0.4, 0.5) is 20.6 Å². The Morgan fingerprint density at radius 3 is 2.83 bits per heavy atom. The van der Waals surface area contributed by atoms with Crippen LogP contribution in [-0.4, -0.2) is 17.5 Å². The SMILES string of the molecule is CCCCNC(=O)Nc1c(F)cccc1[N+](=O)[O-]. The second kappa shape index (κ2) is 6.53. The Kier molecular flexibility index (Phi) is 5.04. The van der Waals surface area contributed by atoms with Crippen LogP contribution in [0.3, 0.4) is 0 Å². The van der Waals surface area contributed by atoms with Crippen LogP contribution < -0.4 is 10.6 Å². The molecule has 18 heavy (non-hydrogen) atoms. The van der Waals surface area contributed by atoms with Gasteiger partial charge in [0.05, 0.1) is 4.92 Å². The predicted octanol–water partition coefficient (Wildman–Crippen LogP) is 2.66. The van der Waals surface area contributed by atoms with E-state index in [9.17, 15) is 19.3 Å². The van der Waals surface area contributed by atoms with Crippen molar-refractivity contribution >= 4 is 17.4 Å². The highest BCUT2D eigenvalue weighted by atomic mass is 19.1. The average molecular weight is 255 g/mol. The fraction of sp³-hybridized carbons (Fsp3) is 0.364. The van der Waals surface area contributed by atoms with Gasteiger partial charge < -0.3 is 5.32 Å². The molecule has 1 rings (SSSR count). The van der Waals surface area contributed by atoms with Gasteiger partial charge in [0.2, 0.25) is 0 Å². The van der Waals surface area contributed by atoms with E-state index in [1.807, 2.05) is 6.92 Å². The summed E-state index contributed by atoms with van der Waals surface area (Å²) in [5.74, 6) is -0.838. The van der Waals surface area contributed by atoms with Crippen molar-refractivity contribution in [3.8, 4) is 0 Å². The molecule has 0 aliphatic rings. The van der Waals surface area contributed by atoms with E-state index >= 15 is 0 Å². The minimum Gasteiger partial charge on any atom is -0.338 e. The molecule has 6 nitrogen and oxygen atoms in total. The van der Waals surface area contributed by atoms with Gasteiger partial charge in [-0.1, -0.05) is 19.4 Å². The van der Waals surface area contributed by atoms with Gasteiger partial charge in [0.25, 0.3) is 5.69 Å². The summed E-state index contributed by atoms with van der Waals surface area (Å²) in [5.41, 5.74) is -0.892. The molecule has 1 aromatic rings. The molecule has 0 bridgehead atoms. The lowest BCUT2D eigenvalue weighted by molar-refractivity contribution is -0.384. The molecule has 0 aliphatic heterocycles. The Morgan fingerprint density at radius 1 is 1.50 bits per heavy atom. The lowest BCUT2D eigenvalue weighted by Gasteiger charge is -2.08. The lowest BCUT2D eigenvalue weighted by Crippen LogP contribution is -2.30. The van der Waals surface area contributed by atoms with Crippen molar-refractivity contribution in [2.24, 2.45) is 0 Å². The van der Waals surface area contributed by atoms with Crippen molar-refractivity contribution in [1.82, 2.24) is 5.32 Å². The first-order valence-corrected chi connectivity index (χ1v) is 5.54. The number of nitro groups is 1. The number of amides is 2. The minimum absolute atomic E-state index is 0.420. The Labute approximate surface area is 103 Å². The molecule has 2 N–H and O–H groups in total. The number of hydrogen-bond donors (Lipinski definition) is 2. The predicted molar refractivity (Wildman–Crippen MR) is 65.0 cm³/mol. The number of rotatable bonds is 5. The maximum Gasteiger partial charge on any atom is 0.319 e. The van der Waals surface area contributed by atoms with Crippen molar-refractivity contribution < 1.29 is 14.1 Å². The van der Waals surface area contributed by atoms with Gasteiger partial charge in [-0.3, -0.25) is 15.4 Å². The van der Waals surface area contributed by atoms with Crippen molar-refractivity contribution in [1.29, 1.82) is 0 Å². The number of carbonyl (C=O) groups excluding carboxylic acids is 1. The summed E-state index contributed by atoms with van der Waals surface area (Å²) in [6.07, 6.45) is 1.69.